The maximum Gasteiger partial charge on any atom is 0.295 e. The van der Waals surface area contributed by atoms with Gasteiger partial charge in [0.2, 0.25) is 0 Å². The molecule has 0 aromatic heterocycles. The number of carbonyl (C=O) groups excluding carboxylic acids is 2. The molecule has 0 spiro atoms. The highest BCUT2D eigenvalue weighted by Gasteiger charge is 2.46. The van der Waals surface area contributed by atoms with Gasteiger partial charge in [-0.1, -0.05) is 42.0 Å². The molecule has 2 heterocycles. The molecule has 3 aromatic rings. The third-order valence-corrected chi connectivity index (χ3v) is 6.78. The van der Waals surface area contributed by atoms with Gasteiger partial charge in [-0.15, -0.1) is 0 Å². The first-order chi connectivity index (χ1) is 18.1. The monoisotopic (exact) mass is 511 g/mol. The zero-order valence-corrected chi connectivity index (χ0v) is 22.3. The second kappa shape index (κ2) is 10.0. The highest BCUT2D eigenvalue weighted by molar-refractivity contribution is 6.46. The minimum atomic E-state index is -0.715. The number of benzene rings is 3. The first kappa shape index (κ1) is 25.6. The lowest BCUT2D eigenvalue weighted by Gasteiger charge is -2.26. The van der Waals surface area contributed by atoms with Gasteiger partial charge < -0.3 is 19.5 Å². The number of hydrogen-bond acceptors (Lipinski definition) is 5. The van der Waals surface area contributed by atoms with Crippen molar-refractivity contribution >= 4 is 17.4 Å². The number of aliphatic hydroxyl groups excluding tert-OH is 1. The van der Waals surface area contributed by atoms with E-state index in [1.807, 2.05) is 88.4 Å². The van der Waals surface area contributed by atoms with Crippen LogP contribution in [0, 0.1) is 6.92 Å². The summed E-state index contributed by atoms with van der Waals surface area (Å²) < 4.78 is 11.6. The second-order valence-electron chi connectivity index (χ2n) is 11.0. The van der Waals surface area contributed by atoms with Crippen molar-refractivity contribution in [2.45, 2.75) is 58.7 Å². The zero-order chi connectivity index (χ0) is 27.0. The molecule has 0 saturated carbocycles. The molecule has 6 nitrogen and oxygen atoms in total. The third-order valence-electron chi connectivity index (χ3n) is 6.78. The van der Waals surface area contributed by atoms with E-state index in [9.17, 15) is 14.7 Å². The number of amides is 1. The molecule has 1 atom stereocenters. The number of aryl methyl sites for hydroxylation is 2. The van der Waals surface area contributed by atoms with Crippen LogP contribution in [0.4, 0.5) is 0 Å². The number of rotatable bonds is 5. The van der Waals surface area contributed by atoms with Crippen LogP contribution in [0.1, 0.15) is 61.1 Å². The summed E-state index contributed by atoms with van der Waals surface area (Å²) >= 11 is 0. The van der Waals surface area contributed by atoms with Crippen molar-refractivity contribution in [1.29, 1.82) is 0 Å². The van der Waals surface area contributed by atoms with E-state index in [-0.39, 0.29) is 23.5 Å². The summed E-state index contributed by atoms with van der Waals surface area (Å²) in [6, 6.07) is 20.0. The number of fused-ring (bicyclic) bond motifs is 1. The number of aliphatic hydroxyl groups is 1. The fourth-order valence-electron chi connectivity index (χ4n) is 5.11. The Morgan fingerprint density at radius 3 is 2.53 bits per heavy atom. The molecule has 38 heavy (non-hydrogen) atoms. The Balaban J connectivity index is 1.55. The molecule has 196 valence electrons. The summed E-state index contributed by atoms with van der Waals surface area (Å²) in [5.74, 6) is 0.0435. The van der Waals surface area contributed by atoms with Crippen LogP contribution in [0.5, 0.6) is 11.5 Å². The maximum atomic E-state index is 13.4. The molecule has 1 amide bonds. The number of hydrogen-bond donors (Lipinski definition) is 1. The summed E-state index contributed by atoms with van der Waals surface area (Å²) in [6.45, 7) is 8.80. The molecule has 3 aromatic carbocycles. The topological polar surface area (TPSA) is 76.1 Å². The molecule has 0 aliphatic carbocycles. The van der Waals surface area contributed by atoms with Gasteiger partial charge in [0.1, 0.15) is 22.9 Å². The predicted molar refractivity (Wildman–Crippen MR) is 146 cm³/mol. The molecule has 1 saturated heterocycles. The Labute approximate surface area is 223 Å². The van der Waals surface area contributed by atoms with Crippen LogP contribution in [-0.2, 0) is 22.6 Å². The summed E-state index contributed by atoms with van der Waals surface area (Å²) in [7, 11) is 0. The molecule has 1 fully saturated rings. The Morgan fingerprint density at radius 1 is 1.05 bits per heavy atom. The average Bonchev–Trinajstić information content (AvgIpc) is 3.13. The maximum absolute atomic E-state index is 13.4. The average molecular weight is 512 g/mol. The van der Waals surface area contributed by atoms with Gasteiger partial charge in [-0.05, 0) is 87.6 Å². The lowest BCUT2D eigenvalue weighted by Crippen LogP contribution is -2.29. The lowest BCUT2D eigenvalue weighted by molar-refractivity contribution is -0.140. The molecular weight excluding hydrogens is 478 g/mol. The van der Waals surface area contributed by atoms with Crippen molar-refractivity contribution in [2.75, 3.05) is 6.61 Å². The van der Waals surface area contributed by atoms with E-state index in [2.05, 4.69) is 0 Å². The van der Waals surface area contributed by atoms with E-state index >= 15 is 0 Å². The Morgan fingerprint density at radius 2 is 1.82 bits per heavy atom. The number of likely N-dealkylation sites (tertiary alicyclic amines) is 1. The highest BCUT2D eigenvalue weighted by Crippen LogP contribution is 2.41. The van der Waals surface area contributed by atoms with E-state index < -0.39 is 17.7 Å². The quantitative estimate of drug-likeness (QED) is 0.254. The smallest absolute Gasteiger partial charge is 0.295 e. The largest absolute Gasteiger partial charge is 0.507 e. The standard InChI is InChI=1S/C32H33NO5/c1-20-7-5-8-23(17-20)28-27(29(34)24-12-15-26-22(18-24)9-6-16-37-26)30(35)31(36)33(28)19-21-10-13-25(14-11-21)38-32(2,3)4/h5,7-8,10-15,17-18,28,34H,6,9,16,19H2,1-4H3/b29-27-. The SMILES string of the molecule is Cc1cccc(C2/C(=C(/O)c3ccc4c(c3)CCCO4)C(=O)C(=O)N2Cc2ccc(OC(C)(C)C)cc2)c1. The van der Waals surface area contributed by atoms with E-state index in [0.29, 0.717) is 12.2 Å². The summed E-state index contributed by atoms with van der Waals surface area (Å²) in [4.78, 5) is 28.4. The van der Waals surface area contributed by atoms with Gasteiger partial charge in [0.05, 0.1) is 18.2 Å². The minimum Gasteiger partial charge on any atom is -0.507 e. The van der Waals surface area contributed by atoms with Gasteiger partial charge >= 0.3 is 0 Å². The van der Waals surface area contributed by atoms with E-state index in [1.165, 1.54) is 0 Å². The van der Waals surface area contributed by atoms with Crippen LogP contribution in [-0.4, -0.2) is 33.9 Å². The van der Waals surface area contributed by atoms with Crippen molar-refractivity contribution in [3.8, 4) is 11.5 Å². The predicted octanol–water partition coefficient (Wildman–Crippen LogP) is 6.12. The zero-order valence-electron chi connectivity index (χ0n) is 22.3. The molecule has 0 bridgehead atoms. The number of carbonyl (C=O) groups is 2. The second-order valence-corrected chi connectivity index (χ2v) is 11.0. The van der Waals surface area contributed by atoms with Crippen LogP contribution in [0.15, 0.2) is 72.3 Å². The molecule has 2 aliphatic rings. The highest BCUT2D eigenvalue weighted by atomic mass is 16.5. The van der Waals surface area contributed by atoms with Crippen LogP contribution in [0.2, 0.25) is 0 Å². The van der Waals surface area contributed by atoms with E-state index in [4.69, 9.17) is 9.47 Å². The van der Waals surface area contributed by atoms with Gasteiger partial charge in [-0.3, -0.25) is 9.59 Å². The van der Waals surface area contributed by atoms with Crippen molar-refractivity contribution in [3.05, 3.63) is 100 Å². The number of ketones is 1. The summed E-state index contributed by atoms with van der Waals surface area (Å²) in [5, 5.41) is 11.5. The fraction of sp³-hybridized carbons (Fsp3) is 0.312. The molecule has 6 heteroatoms. The first-order valence-corrected chi connectivity index (χ1v) is 13.0. The van der Waals surface area contributed by atoms with Crippen molar-refractivity contribution in [3.63, 3.8) is 0 Å². The van der Waals surface area contributed by atoms with Gasteiger partial charge in [0.15, 0.2) is 0 Å². The molecule has 1 unspecified atom stereocenters. The van der Waals surface area contributed by atoms with Gasteiger partial charge in [-0.25, -0.2) is 0 Å². The normalized spacial score (nSPS) is 18.7. The van der Waals surface area contributed by atoms with Gasteiger partial charge in [0.25, 0.3) is 11.7 Å². The number of ether oxygens (including phenoxy) is 2. The molecule has 5 rings (SSSR count). The summed E-state index contributed by atoms with van der Waals surface area (Å²) in [5.41, 5.74) is 3.91. The van der Waals surface area contributed by atoms with Crippen LogP contribution in [0.25, 0.3) is 5.76 Å². The van der Waals surface area contributed by atoms with Crippen molar-refractivity contribution in [1.82, 2.24) is 4.90 Å². The van der Waals surface area contributed by atoms with Crippen molar-refractivity contribution < 1.29 is 24.2 Å². The molecule has 1 N–H and O–H groups in total. The molecular formula is C32H33NO5. The Kier molecular flexibility index (Phi) is 6.74. The Bertz CT molecular complexity index is 1410. The fourth-order valence-corrected chi connectivity index (χ4v) is 5.11. The van der Waals surface area contributed by atoms with Crippen LogP contribution < -0.4 is 9.47 Å². The molecule has 2 aliphatic heterocycles. The summed E-state index contributed by atoms with van der Waals surface area (Å²) in [6.07, 6.45) is 1.73. The van der Waals surface area contributed by atoms with E-state index in [1.54, 1.807) is 11.0 Å². The third kappa shape index (κ3) is 5.17. The van der Waals surface area contributed by atoms with Gasteiger partial charge in [0, 0.05) is 12.1 Å². The van der Waals surface area contributed by atoms with Crippen LogP contribution >= 0.6 is 0 Å². The minimum absolute atomic E-state index is 0.102. The van der Waals surface area contributed by atoms with Crippen LogP contribution in [0.3, 0.4) is 0 Å². The number of Topliss-reactive ketones (excluding diaryl/α,β-unsaturated/α-hetero) is 1. The van der Waals surface area contributed by atoms with Gasteiger partial charge in [-0.2, -0.15) is 0 Å². The van der Waals surface area contributed by atoms with Crippen molar-refractivity contribution in [2.24, 2.45) is 0 Å². The van der Waals surface area contributed by atoms with E-state index in [0.717, 1.165) is 46.6 Å². The number of nitrogens with zero attached hydrogens (tertiary/aromatic N) is 1. The Hall–Kier alpha value is -4.06. The first-order valence-electron chi connectivity index (χ1n) is 13.0. The lowest BCUT2D eigenvalue weighted by atomic mass is 9.93. The molecule has 0 radical (unpaired) electrons.